The first-order chi connectivity index (χ1) is 12.1. The van der Waals surface area contributed by atoms with Gasteiger partial charge in [0.15, 0.2) is 0 Å². The molecule has 0 atom stereocenters. The maximum Gasteiger partial charge on any atom is 0.418 e. The van der Waals surface area contributed by atoms with Gasteiger partial charge in [-0.3, -0.25) is 0 Å². The van der Waals surface area contributed by atoms with Crippen molar-refractivity contribution in [2.75, 3.05) is 0 Å². The summed E-state index contributed by atoms with van der Waals surface area (Å²) >= 11 is 6.95. The molecule has 0 amide bonds. The molecule has 0 saturated carbocycles. The molecule has 2 aromatic carbocycles. The Labute approximate surface area is 167 Å². The summed E-state index contributed by atoms with van der Waals surface area (Å²) < 4.78 is 117. The molecule has 0 aliphatic heterocycles. The van der Waals surface area contributed by atoms with E-state index in [1.165, 1.54) is 0 Å². The predicted molar refractivity (Wildman–Crippen MR) is 92.1 cm³/mol. The van der Waals surface area contributed by atoms with Crippen LogP contribution < -0.4 is 0 Å². The molecule has 3 aromatic rings. The van der Waals surface area contributed by atoms with E-state index in [-0.39, 0.29) is 10.1 Å². The summed E-state index contributed by atoms with van der Waals surface area (Å²) in [6, 6.07) is 1.73. The molecule has 27 heavy (non-hydrogen) atoms. The summed E-state index contributed by atoms with van der Waals surface area (Å²) in [7, 11) is 0. The molecule has 3 rings (SSSR count). The molecule has 0 unspecified atom stereocenters. The monoisotopic (exact) mass is 548 g/mol. The maximum atomic E-state index is 13.5. The molecule has 12 heteroatoms. The molecule has 0 radical (unpaired) electrons. The average Bonchev–Trinajstić information content (AvgIpc) is 2.78. The van der Waals surface area contributed by atoms with E-state index in [0.717, 1.165) is 28.7 Å². The van der Waals surface area contributed by atoms with E-state index in [9.17, 15) is 39.5 Å². The van der Waals surface area contributed by atoms with Crippen molar-refractivity contribution in [1.29, 1.82) is 0 Å². The third-order valence-electron chi connectivity index (χ3n) is 3.68. The molecule has 146 valence electrons. The van der Waals surface area contributed by atoms with Gasteiger partial charge in [-0.1, -0.05) is 11.6 Å². The van der Waals surface area contributed by atoms with Gasteiger partial charge in [0.1, 0.15) is 0 Å². The summed E-state index contributed by atoms with van der Waals surface area (Å²) in [5, 5.41) is -1.68. The maximum absolute atomic E-state index is 13.5. The van der Waals surface area contributed by atoms with Crippen molar-refractivity contribution in [3.05, 3.63) is 43.5 Å². The quantitative estimate of drug-likeness (QED) is 0.196. The largest absolute Gasteiger partial charge is 0.418 e. The van der Waals surface area contributed by atoms with Gasteiger partial charge in [-0.25, -0.2) is 0 Å². The Morgan fingerprint density at radius 2 is 1.26 bits per heavy atom. The molecule has 0 aliphatic carbocycles. The normalized spacial score (nSPS) is 13.7. The van der Waals surface area contributed by atoms with Crippen LogP contribution in [0.2, 0.25) is 5.02 Å². The van der Waals surface area contributed by atoms with Crippen molar-refractivity contribution >= 4 is 65.7 Å². The fourth-order valence-corrected chi connectivity index (χ4v) is 5.41. The lowest BCUT2D eigenvalue weighted by Crippen LogP contribution is -2.14. The first-order valence-electron chi connectivity index (χ1n) is 6.72. The molecule has 0 aliphatic rings. The Kier molecular flexibility index (Phi) is 4.83. The average molecular weight is 549 g/mol. The first-order valence-corrected chi connectivity index (χ1v) is 8.99. The Balaban J connectivity index is 2.55. The van der Waals surface area contributed by atoms with E-state index >= 15 is 0 Å². The summed E-state index contributed by atoms with van der Waals surface area (Å²) in [4.78, 5) is 0. The van der Waals surface area contributed by atoms with Crippen molar-refractivity contribution in [2.45, 2.75) is 18.5 Å². The minimum Gasteiger partial charge on any atom is -0.166 e. The van der Waals surface area contributed by atoms with Gasteiger partial charge in [0.05, 0.1) is 21.7 Å². The van der Waals surface area contributed by atoms with Gasteiger partial charge in [-0.05, 0) is 40.8 Å². The van der Waals surface area contributed by atoms with E-state index in [0.29, 0.717) is 23.5 Å². The SMILES string of the molecule is FC(F)(F)c1cc2c(cc1Cl)sc1c(C(F)(F)F)c(I)c(C(F)(F)F)cc12. The van der Waals surface area contributed by atoms with Crippen LogP contribution in [0.3, 0.4) is 0 Å². The van der Waals surface area contributed by atoms with Crippen LogP contribution >= 0.6 is 45.5 Å². The standard InChI is InChI=1S/C15H3ClF9IS/c16-8-3-9-4(1-6(8)13(17,18)19)5-2-7(14(20,21)22)11(26)10(12(5)27-9)15(23,24)25/h1-3H. The van der Waals surface area contributed by atoms with Gasteiger partial charge < -0.3 is 0 Å². The van der Waals surface area contributed by atoms with Gasteiger partial charge in [0, 0.05) is 23.7 Å². The van der Waals surface area contributed by atoms with Crippen LogP contribution in [0.25, 0.3) is 20.2 Å². The van der Waals surface area contributed by atoms with Crippen LogP contribution in [0.5, 0.6) is 0 Å². The molecular formula is C15H3ClF9IS. The zero-order chi connectivity index (χ0) is 20.5. The fraction of sp³-hybridized carbons (Fsp3) is 0.200. The van der Waals surface area contributed by atoms with Crippen molar-refractivity contribution in [3.8, 4) is 0 Å². The number of fused-ring (bicyclic) bond motifs is 3. The van der Waals surface area contributed by atoms with E-state index in [4.69, 9.17) is 11.6 Å². The first kappa shape index (κ1) is 20.8. The van der Waals surface area contributed by atoms with Crippen molar-refractivity contribution in [2.24, 2.45) is 0 Å². The molecule has 1 heterocycles. The lowest BCUT2D eigenvalue weighted by molar-refractivity contribution is -0.143. The molecule has 0 bridgehead atoms. The molecule has 0 N–H and O–H groups in total. The highest BCUT2D eigenvalue weighted by Crippen LogP contribution is 2.50. The third kappa shape index (κ3) is 3.57. The second-order valence-electron chi connectivity index (χ2n) is 5.41. The van der Waals surface area contributed by atoms with E-state index in [1.54, 1.807) is 0 Å². The van der Waals surface area contributed by atoms with Gasteiger partial charge in [0.2, 0.25) is 0 Å². The lowest BCUT2D eigenvalue weighted by Gasteiger charge is -2.16. The molecule has 0 spiro atoms. The Morgan fingerprint density at radius 3 is 1.74 bits per heavy atom. The highest BCUT2D eigenvalue weighted by Gasteiger charge is 2.43. The zero-order valence-electron chi connectivity index (χ0n) is 12.3. The van der Waals surface area contributed by atoms with E-state index in [1.807, 2.05) is 0 Å². The van der Waals surface area contributed by atoms with Crippen LogP contribution in [0, 0.1) is 3.57 Å². The fourth-order valence-electron chi connectivity index (χ4n) is 2.58. The second kappa shape index (κ2) is 6.28. The van der Waals surface area contributed by atoms with Gasteiger partial charge in [-0.15, -0.1) is 11.3 Å². The lowest BCUT2D eigenvalue weighted by atomic mass is 10.0. The summed E-state index contributed by atoms with van der Waals surface area (Å²) in [6.45, 7) is 0. The Morgan fingerprint density at radius 1 is 0.741 bits per heavy atom. The van der Waals surface area contributed by atoms with E-state index in [2.05, 4.69) is 0 Å². The van der Waals surface area contributed by atoms with Crippen LogP contribution in [0.1, 0.15) is 16.7 Å². The van der Waals surface area contributed by atoms with Gasteiger partial charge >= 0.3 is 18.5 Å². The highest BCUT2D eigenvalue weighted by molar-refractivity contribution is 14.1. The van der Waals surface area contributed by atoms with Gasteiger partial charge in [0.25, 0.3) is 0 Å². The number of benzene rings is 2. The summed E-state index contributed by atoms with van der Waals surface area (Å²) in [5.41, 5.74) is -4.43. The number of hydrogen-bond donors (Lipinski definition) is 0. The molecule has 0 fully saturated rings. The smallest absolute Gasteiger partial charge is 0.166 e. The van der Waals surface area contributed by atoms with Crippen molar-refractivity contribution in [3.63, 3.8) is 0 Å². The molecular weight excluding hydrogens is 546 g/mol. The minimum absolute atomic E-state index is 0.0800. The molecule has 1 aromatic heterocycles. The van der Waals surface area contributed by atoms with E-state index < -0.39 is 53.9 Å². The molecule has 0 saturated heterocycles. The van der Waals surface area contributed by atoms with Crippen molar-refractivity contribution < 1.29 is 39.5 Å². The number of rotatable bonds is 0. The third-order valence-corrected chi connectivity index (χ3v) is 6.30. The predicted octanol–water partition coefficient (Wildman–Crippen LogP) is 8.37. The topological polar surface area (TPSA) is 0 Å². The number of thiophene rings is 1. The van der Waals surface area contributed by atoms with Crippen LogP contribution in [0.4, 0.5) is 39.5 Å². The zero-order valence-corrected chi connectivity index (χ0v) is 16.0. The van der Waals surface area contributed by atoms with Crippen LogP contribution in [-0.4, -0.2) is 0 Å². The number of alkyl halides is 9. The summed E-state index contributed by atoms with van der Waals surface area (Å²) in [6.07, 6.45) is -15.2. The molecule has 0 nitrogen and oxygen atoms in total. The number of hydrogen-bond acceptors (Lipinski definition) is 1. The highest BCUT2D eigenvalue weighted by atomic mass is 127. The van der Waals surface area contributed by atoms with Gasteiger partial charge in [-0.2, -0.15) is 39.5 Å². The Bertz CT molecular complexity index is 1060. The minimum atomic E-state index is -5.13. The Hall–Kier alpha value is -0.950. The second-order valence-corrected chi connectivity index (χ2v) is 7.95. The summed E-state index contributed by atoms with van der Waals surface area (Å²) in [5.74, 6) is 0. The van der Waals surface area contributed by atoms with Crippen LogP contribution in [-0.2, 0) is 18.5 Å². The van der Waals surface area contributed by atoms with Crippen LogP contribution in [0.15, 0.2) is 18.2 Å². The number of halogens is 11. The van der Waals surface area contributed by atoms with Crippen molar-refractivity contribution in [1.82, 2.24) is 0 Å².